The highest BCUT2D eigenvalue weighted by atomic mass is 16.5. The summed E-state index contributed by atoms with van der Waals surface area (Å²) in [6.45, 7) is 7.39. The number of rotatable bonds is 5. The SMILES string of the molecule is C=C/C=C(\C=C/C)CCOC(C)=O. The first kappa shape index (κ1) is 11.7. The Hall–Kier alpha value is -1.31. The smallest absolute Gasteiger partial charge is 0.302 e. The van der Waals surface area contributed by atoms with Crippen molar-refractivity contribution in [3.63, 3.8) is 0 Å². The van der Waals surface area contributed by atoms with E-state index in [1.807, 2.05) is 25.2 Å². The molecular formula is C11H16O2. The van der Waals surface area contributed by atoms with Crippen LogP contribution >= 0.6 is 0 Å². The maximum atomic E-state index is 10.5. The molecule has 0 radical (unpaired) electrons. The molecular weight excluding hydrogens is 164 g/mol. The molecule has 0 saturated heterocycles. The Kier molecular flexibility index (Phi) is 6.60. The number of esters is 1. The van der Waals surface area contributed by atoms with Gasteiger partial charge in [-0.3, -0.25) is 4.79 Å². The fourth-order valence-electron chi connectivity index (χ4n) is 0.900. The van der Waals surface area contributed by atoms with Gasteiger partial charge in [-0.05, 0) is 12.5 Å². The van der Waals surface area contributed by atoms with Gasteiger partial charge in [0.05, 0.1) is 6.61 Å². The van der Waals surface area contributed by atoms with Crippen LogP contribution in [-0.4, -0.2) is 12.6 Å². The van der Waals surface area contributed by atoms with Crippen molar-refractivity contribution in [1.29, 1.82) is 0 Å². The van der Waals surface area contributed by atoms with E-state index in [4.69, 9.17) is 4.74 Å². The number of carbonyl (C=O) groups is 1. The number of allylic oxidation sites excluding steroid dienone is 4. The molecule has 0 unspecified atom stereocenters. The van der Waals surface area contributed by atoms with Crippen LogP contribution in [0.2, 0.25) is 0 Å². The summed E-state index contributed by atoms with van der Waals surface area (Å²) in [6, 6.07) is 0. The Morgan fingerprint density at radius 3 is 2.69 bits per heavy atom. The summed E-state index contributed by atoms with van der Waals surface area (Å²) in [5, 5.41) is 0. The van der Waals surface area contributed by atoms with E-state index < -0.39 is 0 Å². The van der Waals surface area contributed by atoms with Crippen molar-refractivity contribution in [3.05, 3.63) is 36.5 Å². The summed E-state index contributed by atoms with van der Waals surface area (Å²) < 4.78 is 4.82. The summed E-state index contributed by atoms with van der Waals surface area (Å²) in [5.74, 6) is -0.238. The van der Waals surface area contributed by atoms with Gasteiger partial charge in [0.1, 0.15) is 0 Å². The van der Waals surface area contributed by atoms with Crippen LogP contribution in [0.3, 0.4) is 0 Å². The molecule has 2 nitrogen and oxygen atoms in total. The predicted octanol–water partition coefficient (Wildman–Crippen LogP) is 2.63. The highest BCUT2D eigenvalue weighted by molar-refractivity contribution is 5.65. The van der Waals surface area contributed by atoms with Crippen molar-refractivity contribution < 1.29 is 9.53 Å². The highest BCUT2D eigenvalue weighted by Crippen LogP contribution is 2.03. The monoisotopic (exact) mass is 180 g/mol. The molecule has 0 fully saturated rings. The van der Waals surface area contributed by atoms with E-state index in [-0.39, 0.29) is 5.97 Å². The highest BCUT2D eigenvalue weighted by Gasteiger charge is 1.94. The van der Waals surface area contributed by atoms with Crippen molar-refractivity contribution in [2.24, 2.45) is 0 Å². The molecule has 0 atom stereocenters. The quantitative estimate of drug-likeness (QED) is 0.480. The van der Waals surface area contributed by atoms with Gasteiger partial charge in [-0.1, -0.05) is 30.9 Å². The molecule has 0 aromatic carbocycles. The van der Waals surface area contributed by atoms with Gasteiger partial charge in [-0.2, -0.15) is 0 Å². The normalized spacial score (nSPS) is 11.7. The Morgan fingerprint density at radius 2 is 2.23 bits per heavy atom. The molecule has 2 heteroatoms. The van der Waals surface area contributed by atoms with Gasteiger partial charge in [0.2, 0.25) is 0 Å². The molecule has 0 aliphatic heterocycles. The lowest BCUT2D eigenvalue weighted by atomic mass is 10.1. The molecule has 0 amide bonds. The lowest BCUT2D eigenvalue weighted by molar-refractivity contribution is -0.140. The molecule has 0 rings (SSSR count). The standard InChI is InChI=1S/C11H16O2/c1-4-6-11(7-5-2)8-9-13-10(3)12/h4-7H,1,8-9H2,2-3H3/b7-5-,11-6+. The minimum atomic E-state index is -0.238. The van der Waals surface area contributed by atoms with Crippen LogP contribution in [0.15, 0.2) is 36.5 Å². The van der Waals surface area contributed by atoms with Crippen LogP contribution in [-0.2, 0) is 9.53 Å². The van der Waals surface area contributed by atoms with Crippen LogP contribution < -0.4 is 0 Å². The lowest BCUT2D eigenvalue weighted by Gasteiger charge is -2.01. The largest absolute Gasteiger partial charge is 0.466 e. The summed E-state index contributed by atoms with van der Waals surface area (Å²) in [4.78, 5) is 10.5. The zero-order valence-corrected chi connectivity index (χ0v) is 8.25. The van der Waals surface area contributed by atoms with Gasteiger partial charge in [-0.25, -0.2) is 0 Å². The first-order valence-electron chi connectivity index (χ1n) is 4.28. The van der Waals surface area contributed by atoms with Crippen molar-refractivity contribution >= 4 is 5.97 Å². The topological polar surface area (TPSA) is 26.3 Å². The van der Waals surface area contributed by atoms with Crippen molar-refractivity contribution in [3.8, 4) is 0 Å². The van der Waals surface area contributed by atoms with E-state index in [2.05, 4.69) is 6.58 Å². The van der Waals surface area contributed by atoms with Gasteiger partial charge in [0.15, 0.2) is 0 Å². The molecule has 0 aliphatic rings. The van der Waals surface area contributed by atoms with Gasteiger partial charge in [0, 0.05) is 13.3 Å². The maximum Gasteiger partial charge on any atom is 0.302 e. The number of hydrogen-bond acceptors (Lipinski definition) is 2. The molecule has 0 N–H and O–H groups in total. The van der Waals surface area contributed by atoms with Crippen LogP contribution in [0.5, 0.6) is 0 Å². The fourth-order valence-corrected chi connectivity index (χ4v) is 0.900. The minimum absolute atomic E-state index is 0.238. The molecule has 0 saturated carbocycles. The van der Waals surface area contributed by atoms with E-state index in [0.29, 0.717) is 6.61 Å². The number of hydrogen-bond donors (Lipinski definition) is 0. The summed E-state index contributed by atoms with van der Waals surface area (Å²) >= 11 is 0. The summed E-state index contributed by atoms with van der Waals surface area (Å²) in [6.07, 6.45) is 8.29. The van der Waals surface area contributed by atoms with Gasteiger partial charge >= 0.3 is 5.97 Å². The zero-order chi connectivity index (χ0) is 10.1. The Labute approximate surface area is 79.6 Å². The molecule has 13 heavy (non-hydrogen) atoms. The number of ether oxygens (including phenoxy) is 1. The van der Waals surface area contributed by atoms with Gasteiger partial charge in [-0.15, -0.1) is 0 Å². The average Bonchev–Trinajstić information content (AvgIpc) is 2.04. The van der Waals surface area contributed by atoms with E-state index in [1.165, 1.54) is 6.92 Å². The third-order valence-corrected chi connectivity index (χ3v) is 1.41. The van der Waals surface area contributed by atoms with E-state index in [0.717, 1.165) is 12.0 Å². The second kappa shape index (κ2) is 7.35. The van der Waals surface area contributed by atoms with E-state index in [9.17, 15) is 4.79 Å². The number of carbonyl (C=O) groups excluding carboxylic acids is 1. The van der Waals surface area contributed by atoms with Crippen LogP contribution in [0.4, 0.5) is 0 Å². The van der Waals surface area contributed by atoms with Gasteiger partial charge < -0.3 is 4.74 Å². The average molecular weight is 180 g/mol. The van der Waals surface area contributed by atoms with Crippen molar-refractivity contribution in [2.75, 3.05) is 6.61 Å². The molecule has 0 aliphatic carbocycles. The maximum absolute atomic E-state index is 10.5. The third kappa shape index (κ3) is 7.06. The van der Waals surface area contributed by atoms with Gasteiger partial charge in [0.25, 0.3) is 0 Å². The second-order valence-corrected chi connectivity index (χ2v) is 2.57. The van der Waals surface area contributed by atoms with Crippen LogP contribution in [0.1, 0.15) is 20.3 Å². The Balaban J connectivity index is 3.90. The Morgan fingerprint density at radius 1 is 1.54 bits per heavy atom. The fraction of sp³-hybridized carbons (Fsp3) is 0.364. The zero-order valence-electron chi connectivity index (χ0n) is 8.25. The third-order valence-electron chi connectivity index (χ3n) is 1.41. The molecule has 0 spiro atoms. The molecule has 0 aromatic heterocycles. The van der Waals surface area contributed by atoms with Crippen molar-refractivity contribution in [1.82, 2.24) is 0 Å². The molecule has 0 bridgehead atoms. The summed E-state index contributed by atoms with van der Waals surface area (Å²) in [7, 11) is 0. The molecule has 72 valence electrons. The second-order valence-electron chi connectivity index (χ2n) is 2.57. The van der Waals surface area contributed by atoms with E-state index in [1.54, 1.807) is 6.08 Å². The molecule has 0 heterocycles. The van der Waals surface area contributed by atoms with E-state index >= 15 is 0 Å². The van der Waals surface area contributed by atoms with Crippen LogP contribution in [0, 0.1) is 0 Å². The predicted molar refractivity (Wildman–Crippen MR) is 54.3 cm³/mol. The van der Waals surface area contributed by atoms with Crippen LogP contribution in [0.25, 0.3) is 0 Å². The summed E-state index contributed by atoms with van der Waals surface area (Å²) in [5.41, 5.74) is 1.11. The first-order chi connectivity index (χ1) is 6.20. The minimum Gasteiger partial charge on any atom is -0.466 e. The Bertz CT molecular complexity index is 224. The first-order valence-corrected chi connectivity index (χ1v) is 4.28. The lowest BCUT2D eigenvalue weighted by Crippen LogP contribution is -2.00. The van der Waals surface area contributed by atoms with Crippen molar-refractivity contribution in [2.45, 2.75) is 20.3 Å². The molecule has 0 aromatic rings.